The minimum absolute atomic E-state index is 0.554. The fraction of sp³-hybridized carbons (Fsp3) is 0.700. The zero-order valence-corrected chi connectivity index (χ0v) is 8.54. The van der Waals surface area contributed by atoms with Crippen molar-refractivity contribution in [3.05, 3.63) is 12.7 Å². The SMILES string of the molecule is C=CCCNCCCC[C@H](N)C(=O)O. The van der Waals surface area contributed by atoms with Crippen molar-refractivity contribution in [1.82, 2.24) is 5.32 Å². The molecule has 0 aliphatic rings. The lowest BCUT2D eigenvalue weighted by molar-refractivity contribution is -0.138. The summed E-state index contributed by atoms with van der Waals surface area (Å²) in [6.45, 7) is 5.47. The molecular formula is C10H20N2O2. The minimum atomic E-state index is -0.912. The molecule has 0 radical (unpaired) electrons. The van der Waals surface area contributed by atoms with E-state index in [0.717, 1.165) is 32.4 Å². The summed E-state index contributed by atoms with van der Waals surface area (Å²) >= 11 is 0. The van der Waals surface area contributed by atoms with Gasteiger partial charge >= 0.3 is 5.97 Å². The second-order valence-corrected chi connectivity index (χ2v) is 3.27. The third kappa shape index (κ3) is 7.76. The highest BCUT2D eigenvalue weighted by Gasteiger charge is 2.09. The maximum Gasteiger partial charge on any atom is 0.320 e. The monoisotopic (exact) mass is 200 g/mol. The summed E-state index contributed by atoms with van der Waals surface area (Å²) < 4.78 is 0. The Morgan fingerprint density at radius 1 is 1.50 bits per heavy atom. The van der Waals surface area contributed by atoms with Crippen LogP contribution in [0, 0.1) is 0 Å². The molecule has 1 atom stereocenters. The first-order valence-electron chi connectivity index (χ1n) is 4.98. The lowest BCUT2D eigenvalue weighted by Gasteiger charge is -2.06. The number of hydrogen-bond donors (Lipinski definition) is 3. The number of carbonyl (C=O) groups is 1. The molecule has 0 unspecified atom stereocenters. The van der Waals surface area contributed by atoms with Gasteiger partial charge < -0.3 is 16.2 Å². The number of aliphatic carboxylic acids is 1. The predicted octanol–water partition coefficient (Wildman–Crippen LogP) is 0.734. The van der Waals surface area contributed by atoms with Gasteiger partial charge in [0, 0.05) is 0 Å². The van der Waals surface area contributed by atoms with Crippen LogP contribution in [0.25, 0.3) is 0 Å². The average molecular weight is 200 g/mol. The molecule has 0 aliphatic carbocycles. The van der Waals surface area contributed by atoms with Gasteiger partial charge in [0.25, 0.3) is 0 Å². The highest BCUT2D eigenvalue weighted by Crippen LogP contribution is 1.98. The average Bonchev–Trinajstić information content (AvgIpc) is 2.16. The van der Waals surface area contributed by atoms with Gasteiger partial charge in [0.05, 0.1) is 0 Å². The van der Waals surface area contributed by atoms with Crippen LogP contribution in [0.2, 0.25) is 0 Å². The molecule has 0 rings (SSSR count). The van der Waals surface area contributed by atoms with Gasteiger partial charge in [0.2, 0.25) is 0 Å². The number of rotatable bonds is 9. The van der Waals surface area contributed by atoms with E-state index in [2.05, 4.69) is 11.9 Å². The fourth-order valence-electron chi connectivity index (χ4n) is 1.07. The van der Waals surface area contributed by atoms with Crippen molar-refractivity contribution in [3.63, 3.8) is 0 Å². The molecule has 0 aliphatic heterocycles. The summed E-state index contributed by atoms with van der Waals surface area (Å²) in [5.74, 6) is -0.912. The second-order valence-electron chi connectivity index (χ2n) is 3.27. The normalized spacial score (nSPS) is 12.4. The van der Waals surface area contributed by atoms with Crippen LogP contribution in [-0.2, 0) is 4.79 Å². The minimum Gasteiger partial charge on any atom is -0.480 e. The maximum atomic E-state index is 10.4. The molecule has 0 aromatic carbocycles. The van der Waals surface area contributed by atoms with Crippen LogP contribution in [0.4, 0.5) is 0 Å². The molecule has 14 heavy (non-hydrogen) atoms. The first-order valence-corrected chi connectivity index (χ1v) is 4.98. The lowest BCUT2D eigenvalue weighted by atomic mass is 10.1. The first-order chi connectivity index (χ1) is 6.68. The van der Waals surface area contributed by atoms with Crippen LogP contribution in [0.5, 0.6) is 0 Å². The molecule has 4 heteroatoms. The molecule has 0 saturated carbocycles. The third-order valence-corrected chi connectivity index (χ3v) is 1.96. The summed E-state index contributed by atoms with van der Waals surface area (Å²) in [7, 11) is 0. The van der Waals surface area contributed by atoms with Gasteiger partial charge in [-0.2, -0.15) is 0 Å². The van der Waals surface area contributed by atoms with E-state index in [4.69, 9.17) is 10.8 Å². The van der Waals surface area contributed by atoms with Gasteiger partial charge in [-0.1, -0.05) is 12.5 Å². The van der Waals surface area contributed by atoms with E-state index < -0.39 is 12.0 Å². The number of unbranched alkanes of at least 4 members (excludes halogenated alkanes) is 1. The van der Waals surface area contributed by atoms with Crippen molar-refractivity contribution in [1.29, 1.82) is 0 Å². The lowest BCUT2D eigenvalue weighted by Crippen LogP contribution is -2.30. The van der Waals surface area contributed by atoms with Gasteiger partial charge in [-0.05, 0) is 32.4 Å². The van der Waals surface area contributed by atoms with Gasteiger partial charge in [-0.25, -0.2) is 0 Å². The Hall–Kier alpha value is -0.870. The number of carboxylic acid groups (broad SMARTS) is 1. The summed E-state index contributed by atoms with van der Waals surface area (Å²) in [5, 5.41) is 11.7. The van der Waals surface area contributed by atoms with Crippen molar-refractivity contribution in [3.8, 4) is 0 Å². The van der Waals surface area contributed by atoms with E-state index in [9.17, 15) is 4.79 Å². The molecule has 0 spiro atoms. The fourth-order valence-corrected chi connectivity index (χ4v) is 1.07. The standard InChI is InChI=1S/C10H20N2O2/c1-2-3-7-12-8-5-4-6-9(11)10(13)14/h2,9,12H,1,3-8,11H2,(H,13,14)/t9-/m0/s1. The van der Waals surface area contributed by atoms with E-state index in [-0.39, 0.29) is 0 Å². The molecule has 82 valence electrons. The molecular weight excluding hydrogens is 180 g/mol. The summed E-state index contributed by atoms with van der Waals surface area (Å²) in [6, 6.07) is -0.705. The Morgan fingerprint density at radius 2 is 2.21 bits per heavy atom. The Bertz CT molecular complexity index is 172. The second kappa shape index (κ2) is 8.72. The van der Waals surface area contributed by atoms with Gasteiger partial charge in [0.1, 0.15) is 6.04 Å². The first kappa shape index (κ1) is 13.1. The van der Waals surface area contributed by atoms with Crippen molar-refractivity contribution in [2.24, 2.45) is 5.73 Å². The molecule has 0 bridgehead atoms. The number of nitrogens with two attached hydrogens (primary N) is 1. The number of nitrogens with one attached hydrogen (secondary N) is 1. The van der Waals surface area contributed by atoms with Gasteiger partial charge in [-0.15, -0.1) is 6.58 Å². The number of carboxylic acids is 1. The highest BCUT2D eigenvalue weighted by molar-refractivity contribution is 5.72. The molecule has 0 aromatic heterocycles. The Labute approximate surface area is 85.2 Å². The Balaban J connectivity index is 3.13. The van der Waals surface area contributed by atoms with Crippen LogP contribution in [-0.4, -0.2) is 30.2 Å². The summed E-state index contributed by atoms with van der Waals surface area (Å²) in [5.41, 5.74) is 5.35. The predicted molar refractivity (Wildman–Crippen MR) is 57.1 cm³/mol. The van der Waals surface area contributed by atoms with Crippen LogP contribution in [0.15, 0.2) is 12.7 Å². The molecule has 0 amide bonds. The largest absolute Gasteiger partial charge is 0.480 e. The van der Waals surface area contributed by atoms with E-state index in [0.29, 0.717) is 6.42 Å². The van der Waals surface area contributed by atoms with Crippen molar-refractivity contribution in [2.75, 3.05) is 13.1 Å². The summed E-state index contributed by atoms with van der Waals surface area (Å²) in [6.07, 6.45) is 5.22. The molecule has 4 nitrogen and oxygen atoms in total. The molecule has 0 fully saturated rings. The maximum absolute atomic E-state index is 10.4. The Morgan fingerprint density at radius 3 is 2.79 bits per heavy atom. The van der Waals surface area contributed by atoms with Crippen LogP contribution >= 0.6 is 0 Å². The van der Waals surface area contributed by atoms with Crippen LogP contribution < -0.4 is 11.1 Å². The van der Waals surface area contributed by atoms with E-state index in [1.54, 1.807) is 0 Å². The van der Waals surface area contributed by atoms with Crippen molar-refractivity contribution < 1.29 is 9.90 Å². The van der Waals surface area contributed by atoms with Gasteiger partial charge in [0.15, 0.2) is 0 Å². The topological polar surface area (TPSA) is 75.3 Å². The Kier molecular flexibility index (Phi) is 8.17. The molecule has 0 heterocycles. The van der Waals surface area contributed by atoms with Gasteiger partial charge in [-0.3, -0.25) is 4.79 Å². The quantitative estimate of drug-likeness (QED) is 0.379. The highest BCUT2D eigenvalue weighted by atomic mass is 16.4. The summed E-state index contributed by atoms with van der Waals surface area (Å²) in [4.78, 5) is 10.4. The van der Waals surface area contributed by atoms with E-state index in [1.165, 1.54) is 0 Å². The van der Waals surface area contributed by atoms with E-state index >= 15 is 0 Å². The van der Waals surface area contributed by atoms with Crippen molar-refractivity contribution in [2.45, 2.75) is 31.7 Å². The number of hydrogen-bond acceptors (Lipinski definition) is 3. The smallest absolute Gasteiger partial charge is 0.320 e. The van der Waals surface area contributed by atoms with E-state index in [1.807, 2.05) is 6.08 Å². The zero-order chi connectivity index (χ0) is 10.8. The molecule has 4 N–H and O–H groups in total. The zero-order valence-electron chi connectivity index (χ0n) is 8.54. The third-order valence-electron chi connectivity index (χ3n) is 1.96. The molecule has 0 saturated heterocycles. The van der Waals surface area contributed by atoms with Crippen LogP contribution in [0.3, 0.4) is 0 Å². The van der Waals surface area contributed by atoms with Crippen molar-refractivity contribution >= 4 is 5.97 Å². The van der Waals surface area contributed by atoms with Crippen LogP contribution in [0.1, 0.15) is 25.7 Å². The molecule has 0 aromatic rings.